The number of aryl methyl sites for hydroxylation is 1. The zero-order valence-corrected chi connectivity index (χ0v) is 9.78. The molecule has 1 fully saturated rings. The Morgan fingerprint density at radius 3 is 2.93 bits per heavy atom. The molecule has 1 aliphatic rings. The van der Waals surface area contributed by atoms with Crippen molar-refractivity contribution in [1.82, 2.24) is 10.2 Å². The second kappa shape index (κ2) is 4.26. The molecule has 0 aliphatic carbocycles. The number of carbonyl (C=O) groups excluding carboxylic acids is 1. The predicted molar refractivity (Wildman–Crippen MR) is 62.1 cm³/mol. The van der Waals surface area contributed by atoms with Gasteiger partial charge in [-0.1, -0.05) is 0 Å². The minimum atomic E-state index is 0.106. The molecule has 1 atom stereocenters. The third-order valence-electron chi connectivity index (χ3n) is 2.80. The third-order valence-corrected chi connectivity index (χ3v) is 3.96. The van der Waals surface area contributed by atoms with E-state index in [9.17, 15) is 4.79 Å². The molecule has 2 heterocycles. The number of aromatic nitrogens is 2. The Morgan fingerprint density at radius 2 is 2.40 bits per heavy atom. The van der Waals surface area contributed by atoms with Gasteiger partial charge >= 0.3 is 0 Å². The van der Waals surface area contributed by atoms with Crippen molar-refractivity contribution in [2.45, 2.75) is 20.3 Å². The highest BCUT2D eigenvalue weighted by molar-refractivity contribution is 7.99. The van der Waals surface area contributed by atoms with Crippen LogP contribution >= 0.6 is 11.8 Å². The SMILES string of the molecule is Cc1[nH]nc(NC(=O)C2CCSC2)c1C. The zero-order valence-electron chi connectivity index (χ0n) is 8.96. The van der Waals surface area contributed by atoms with Crippen LogP contribution in [0, 0.1) is 19.8 Å². The highest BCUT2D eigenvalue weighted by Gasteiger charge is 2.24. The van der Waals surface area contributed by atoms with E-state index in [1.54, 1.807) is 0 Å². The molecule has 1 aromatic rings. The molecule has 0 radical (unpaired) electrons. The smallest absolute Gasteiger partial charge is 0.229 e. The number of thioether (sulfide) groups is 1. The fraction of sp³-hybridized carbons (Fsp3) is 0.600. The molecular formula is C10H15N3OS. The van der Waals surface area contributed by atoms with Gasteiger partial charge in [-0.3, -0.25) is 9.89 Å². The Kier molecular flexibility index (Phi) is 3.00. The molecule has 1 aliphatic heterocycles. The highest BCUT2D eigenvalue weighted by Crippen LogP contribution is 2.25. The molecule has 5 heteroatoms. The van der Waals surface area contributed by atoms with Crippen LogP contribution in [0.25, 0.3) is 0 Å². The van der Waals surface area contributed by atoms with Gasteiger partial charge in [-0.2, -0.15) is 16.9 Å². The quantitative estimate of drug-likeness (QED) is 0.805. The van der Waals surface area contributed by atoms with Gasteiger partial charge in [0.15, 0.2) is 5.82 Å². The summed E-state index contributed by atoms with van der Waals surface area (Å²) in [5, 5.41) is 9.80. The Labute approximate surface area is 93.2 Å². The number of aromatic amines is 1. The van der Waals surface area contributed by atoms with Gasteiger partial charge in [-0.05, 0) is 26.0 Å². The monoisotopic (exact) mass is 225 g/mol. The lowest BCUT2D eigenvalue weighted by Crippen LogP contribution is -2.22. The predicted octanol–water partition coefficient (Wildman–Crippen LogP) is 1.72. The largest absolute Gasteiger partial charge is 0.309 e. The summed E-state index contributed by atoms with van der Waals surface area (Å²) in [6.45, 7) is 3.90. The second-order valence-electron chi connectivity index (χ2n) is 3.87. The normalized spacial score (nSPS) is 20.5. The molecule has 0 bridgehead atoms. The van der Waals surface area contributed by atoms with Gasteiger partial charge in [-0.15, -0.1) is 0 Å². The Hall–Kier alpha value is -0.970. The molecule has 1 unspecified atom stereocenters. The molecule has 1 saturated heterocycles. The summed E-state index contributed by atoms with van der Waals surface area (Å²) in [6.07, 6.45) is 0.985. The van der Waals surface area contributed by atoms with Crippen molar-refractivity contribution in [3.63, 3.8) is 0 Å². The van der Waals surface area contributed by atoms with Crippen molar-refractivity contribution < 1.29 is 4.79 Å². The number of nitrogens with one attached hydrogen (secondary N) is 2. The Bertz CT molecular complexity index is 369. The van der Waals surface area contributed by atoms with Crippen LogP contribution in [-0.4, -0.2) is 27.6 Å². The number of amides is 1. The van der Waals surface area contributed by atoms with Crippen LogP contribution in [0.2, 0.25) is 0 Å². The van der Waals surface area contributed by atoms with E-state index in [1.807, 2.05) is 25.6 Å². The van der Waals surface area contributed by atoms with Crippen LogP contribution < -0.4 is 5.32 Å². The lowest BCUT2D eigenvalue weighted by Gasteiger charge is -2.07. The van der Waals surface area contributed by atoms with E-state index >= 15 is 0 Å². The van der Waals surface area contributed by atoms with Crippen LogP contribution in [-0.2, 0) is 4.79 Å². The second-order valence-corrected chi connectivity index (χ2v) is 5.02. The molecule has 15 heavy (non-hydrogen) atoms. The van der Waals surface area contributed by atoms with Crippen LogP contribution in [0.1, 0.15) is 17.7 Å². The number of nitrogens with zero attached hydrogens (tertiary/aromatic N) is 1. The van der Waals surface area contributed by atoms with Crippen LogP contribution in [0.3, 0.4) is 0 Å². The molecule has 2 rings (SSSR count). The summed E-state index contributed by atoms with van der Waals surface area (Å²) >= 11 is 1.84. The van der Waals surface area contributed by atoms with Crippen LogP contribution in [0.15, 0.2) is 0 Å². The van der Waals surface area contributed by atoms with Crippen molar-refractivity contribution in [3.8, 4) is 0 Å². The third kappa shape index (κ3) is 2.17. The first kappa shape index (κ1) is 10.5. The Balaban J connectivity index is 2.02. The first-order valence-electron chi connectivity index (χ1n) is 5.08. The molecule has 0 spiro atoms. The van der Waals surface area contributed by atoms with Gasteiger partial charge in [-0.25, -0.2) is 0 Å². The van der Waals surface area contributed by atoms with E-state index in [2.05, 4.69) is 15.5 Å². The van der Waals surface area contributed by atoms with Crippen molar-refractivity contribution >= 4 is 23.5 Å². The number of H-pyrrole nitrogens is 1. The first-order valence-corrected chi connectivity index (χ1v) is 6.24. The topological polar surface area (TPSA) is 57.8 Å². The van der Waals surface area contributed by atoms with Crippen molar-refractivity contribution in [3.05, 3.63) is 11.3 Å². The van der Waals surface area contributed by atoms with Gasteiger partial charge < -0.3 is 5.32 Å². The van der Waals surface area contributed by atoms with Gasteiger partial charge in [0.1, 0.15) is 0 Å². The molecule has 2 N–H and O–H groups in total. The Morgan fingerprint density at radius 1 is 1.60 bits per heavy atom. The van der Waals surface area contributed by atoms with Gasteiger partial charge in [0, 0.05) is 22.9 Å². The van der Waals surface area contributed by atoms with Crippen LogP contribution in [0.5, 0.6) is 0 Å². The molecule has 82 valence electrons. The average Bonchev–Trinajstić information content (AvgIpc) is 2.83. The summed E-state index contributed by atoms with van der Waals surface area (Å²) in [6, 6.07) is 0. The summed E-state index contributed by atoms with van der Waals surface area (Å²) < 4.78 is 0. The van der Waals surface area contributed by atoms with Gasteiger partial charge in [0.25, 0.3) is 0 Å². The van der Waals surface area contributed by atoms with Crippen molar-refractivity contribution in [2.24, 2.45) is 5.92 Å². The zero-order chi connectivity index (χ0) is 10.8. The van der Waals surface area contributed by atoms with E-state index in [0.29, 0.717) is 5.82 Å². The van der Waals surface area contributed by atoms with Gasteiger partial charge in [0.05, 0.1) is 0 Å². The van der Waals surface area contributed by atoms with E-state index in [-0.39, 0.29) is 11.8 Å². The van der Waals surface area contributed by atoms with Crippen LogP contribution in [0.4, 0.5) is 5.82 Å². The number of hydrogen-bond acceptors (Lipinski definition) is 3. The number of anilines is 1. The molecule has 1 amide bonds. The van der Waals surface area contributed by atoms with Gasteiger partial charge in [0.2, 0.25) is 5.91 Å². The summed E-state index contributed by atoms with van der Waals surface area (Å²) in [5.41, 5.74) is 2.03. The molecule has 4 nitrogen and oxygen atoms in total. The maximum atomic E-state index is 11.8. The number of hydrogen-bond donors (Lipinski definition) is 2. The average molecular weight is 225 g/mol. The molecular weight excluding hydrogens is 210 g/mol. The minimum Gasteiger partial charge on any atom is -0.309 e. The minimum absolute atomic E-state index is 0.106. The maximum absolute atomic E-state index is 11.8. The summed E-state index contributed by atoms with van der Waals surface area (Å²) in [7, 11) is 0. The lowest BCUT2D eigenvalue weighted by atomic mass is 10.1. The molecule has 0 saturated carbocycles. The van der Waals surface area contributed by atoms with Crippen molar-refractivity contribution in [1.29, 1.82) is 0 Å². The lowest BCUT2D eigenvalue weighted by molar-refractivity contribution is -0.119. The number of carbonyl (C=O) groups is 1. The standard InChI is InChI=1S/C10H15N3OS/c1-6-7(2)12-13-9(6)11-10(14)8-3-4-15-5-8/h8H,3-5H2,1-2H3,(H2,11,12,13,14). The molecule has 1 aromatic heterocycles. The first-order chi connectivity index (χ1) is 7.18. The van der Waals surface area contributed by atoms with Crippen molar-refractivity contribution in [2.75, 3.05) is 16.8 Å². The summed E-state index contributed by atoms with van der Waals surface area (Å²) in [4.78, 5) is 11.8. The van der Waals surface area contributed by atoms with E-state index in [1.165, 1.54) is 0 Å². The maximum Gasteiger partial charge on any atom is 0.229 e. The number of rotatable bonds is 2. The fourth-order valence-electron chi connectivity index (χ4n) is 1.57. The highest BCUT2D eigenvalue weighted by atomic mass is 32.2. The fourth-order valence-corrected chi connectivity index (χ4v) is 2.79. The van der Waals surface area contributed by atoms with E-state index < -0.39 is 0 Å². The van der Waals surface area contributed by atoms with E-state index in [0.717, 1.165) is 29.2 Å². The summed E-state index contributed by atoms with van der Waals surface area (Å²) in [5.74, 6) is 2.97. The van der Waals surface area contributed by atoms with E-state index in [4.69, 9.17) is 0 Å². The molecule has 0 aromatic carbocycles.